The lowest BCUT2D eigenvalue weighted by molar-refractivity contribution is 0.0976. The molecule has 0 saturated carbocycles. The maximum atomic E-state index is 13.1. The Kier molecular flexibility index (Phi) is 4.70. The summed E-state index contributed by atoms with van der Waals surface area (Å²) in [5, 5.41) is 7.27. The van der Waals surface area contributed by atoms with Crippen molar-refractivity contribution in [1.82, 2.24) is 19.7 Å². The lowest BCUT2D eigenvalue weighted by Gasteiger charge is -2.05. The number of halogens is 3. The molecule has 0 aliphatic carbocycles. The van der Waals surface area contributed by atoms with Gasteiger partial charge in [-0.05, 0) is 42.5 Å². The monoisotopic (exact) mass is 398 g/mol. The highest BCUT2D eigenvalue weighted by atomic mass is 35.5. The number of benzene rings is 2. The quantitative estimate of drug-likeness (QED) is 0.727. The number of hydrogen-bond donors (Lipinski definition) is 1. The Bertz CT molecular complexity index is 1080. The van der Waals surface area contributed by atoms with Crippen LogP contribution in [0.1, 0.15) is 10.5 Å². The number of nitrogens with zero attached hydrogens (tertiary/aromatic N) is 3. The molecule has 0 atom stereocenters. The Labute approximate surface area is 151 Å². The van der Waals surface area contributed by atoms with Crippen molar-refractivity contribution in [2.75, 3.05) is 0 Å². The normalized spacial score (nSPS) is 11.3. The van der Waals surface area contributed by atoms with Crippen LogP contribution >= 0.6 is 11.6 Å². The summed E-state index contributed by atoms with van der Waals surface area (Å²) in [5.41, 5.74) is -0.0583. The number of hydrogen-bond acceptors (Lipinski definition) is 5. The van der Waals surface area contributed by atoms with Crippen LogP contribution in [0.2, 0.25) is 5.02 Å². The number of aromatic nitrogens is 3. The summed E-state index contributed by atoms with van der Waals surface area (Å²) < 4.78 is 53.1. The topological polar surface area (TPSA) is 94.0 Å². The van der Waals surface area contributed by atoms with E-state index in [1.165, 1.54) is 6.07 Å². The second-order valence-electron chi connectivity index (χ2n) is 5.03. The van der Waals surface area contributed by atoms with Crippen LogP contribution in [0.4, 0.5) is 8.78 Å². The minimum Gasteiger partial charge on any atom is -0.266 e. The van der Waals surface area contributed by atoms with E-state index in [1.807, 2.05) is 0 Å². The standard InChI is InChI=1S/C15H9ClF2N4O3S/c16-12-7-10(18)3-6-14(12)22-8-13(19-21-22)15(23)20-26(24,25)11-4-1-9(17)2-5-11/h1-8H,(H,20,23). The van der Waals surface area contributed by atoms with Gasteiger partial charge in [0.25, 0.3) is 15.9 Å². The van der Waals surface area contributed by atoms with Gasteiger partial charge in [0.15, 0.2) is 5.69 Å². The van der Waals surface area contributed by atoms with Crippen LogP contribution in [0.3, 0.4) is 0 Å². The molecule has 0 radical (unpaired) electrons. The maximum Gasteiger partial charge on any atom is 0.287 e. The Morgan fingerprint density at radius 3 is 2.38 bits per heavy atom. The van der Waals surface area contributed by atoms with Crippen molar-refractivity contribution in [2.45, 2.75) is 4.90 Å². The second kappa shape index (κ2) is 6.81. The fraction of sp³-hybridized carbons (Fsp3) is 0. The van der Waals surface area contributed by atoms with Crippen molar-refractivity contribution < 1.29 is 22.0 Å². The smallest absolute Gasteiger partial charge is 0.266 e. The predicted octanol–water partition coefficient (Wildman–Crippen LogP) is 2.32. The van der Waals surface area contributed by atoms with Gasteiger partial charge < -0.3 is 0 Å². The number of nitrogens with one attached hydrogen (secondary N) is 1. The molecule has 7 nitrogen and oxygen atoms in total. The van der Waals surface area contributed by atoms with Crippen molar-refractivity contribution in [3.63, 3.8) is 0 Å². The zero-order valence-electron chi connectivity index (χ0n) is 12.7. The number of sulfonamides is 1. The van der Waals surface area contributed by atoms with Crippen molar-refractivity contribution in [3.8, 4) is 5.69 Å². The largest absolute Gasteiger partial charge is 0.287 e. The van der Waals surface area contributed by atoms with E-state index in [0.717, 1.165) is 47.3 Å². The maximum absolute atomic E-state index is 13.1. The average molecular weight is 399 g/mol. The molecule has 1 aromatic heterocycles. The lowest BCUT2D eigenvalue weighted by Crippen LogP contribution is -2.30. The predicted molar refractivity (Wildman–Crippen MR) is 87.4 cm³/mol. The van der Waals surface area contributed by atoms with E-state index in [0.29, 0.717) is 0 Å². The molecule has 3 rings (SSSR count). The van der Waals surface area contributed by atoms with Crippen LogP contribution in [-0.2, 0) is 10.0 Å². The van der Waals surface area contributed by atoms with Gasteiger partial charge in [-0.15, -0.1) is 5.10 Å². The van der Waals surface area contributed by atoms with Crippen molar-refractivity contribution in [3.05, 3.63) is 71.0 Å². The number of carbonyl (C=O) groups is 1. The Balaban J connectivity index is 1.83. The molecule has 0 aliphatic rings. The van der Waals surface area contributed by atoms with Gasteiger partial charge in [-0.1, -0.05) is 16.8 Å². The lowest BCUT2D eigenvalue weighted by atomic mass is 10.3. The van der Waals surface area contributed by atoms with Crippen molar-refractivity contribution >= 4 is 27.5 Å². The van der Waals surface area contributed by atoms with E-state index in [4.69, 9.17) is 11.6 Å². The van der Waals surface area contributed by atoms with Crippen LogP contribution < -0.4 is 4.72 Å². The molecular formula is C15H9ClF2N4O3S. The molecule has 0 fully saturated rings. The van der Waals surface area contributed by atoms with E-state index >= 15 is 0 Å². The third kappa shape index (κ3) is 3.70. The first kappa shape index (κ1) is 18.0. The molecule has 11 heteroatoms. The molecule has 3 aromatic rings. The Morgan fingerprint density at radius 2 is 1.73 bits per heavy atom. The molecule has 134 valence electrons. The SMILES string of the molecule is O=C(NS(=O)(=O)c1ccc(F)cc1)c1cn(-c2ccc(F)cc2Cl)nn1. The van der Waals surface area contributed by atoms with E-state index in [1.54, 1.807) is 4.72 Å². The fourth-order valence-electron chi connectivity index (χ4n) is 2.00. The van der Waals surface area contributed by atoms with Crippen molar-refractivity contribution in [2.24, 2.45) is 0 Å². The van der Waals surface area contributed by atoms with Crippen LogP contribution in [0.5, 0.6) is 0 Å². The highest BCUT2D eigenvalue weighted by molar-refractivity contribution is 7.90. The number of carbonyl (C=O) groups excluding carboxylic acids is 1. The van der Waals surface area contributed by atoms with E-state index in [2.05, 4.69) is 10.3 Å². The van der Waals surface area contributed by atoms with Gasteiger partial charge in [0.2, 0.25) is 0 Å². The summed E-state index contributed by atoms with van der Waals surface area (Å²) in [5.74, 6) is -2.21. The number of amides is 1. The highest BCUT2D eigenvalue weighted by Gasteiger charge is 2.21. The first-order valence-electron chi connectivity index (χ1n) is 6.97. The first-order chi connectivity index (χ1) is 12.3. The van der Waals surface area contributed by atoms with Gasteiger partial charge in [-0.25, -0.2) is 26.6 Å². The molecule has 1 heterocycles. The van der Waals surface area contributed by atoms with Gasteiger partial charge in [0, 0.05) is 0 Å². The van der Waals surface area contributed by atoms with Crippen LogP contribution in [0.15, 0.2) is 53.6 Å². The molecule has 0 unspecified atom stereocenters. The molecular weight excluding hydrogens is 390 g/mol. The highest BCUT2D eigenvalue weighted by Crippen LogP contribution is 2.20. The summed E-state index contributed by atoms with van der Waals surface area (Å²) in [6.07, 6.45) is 1.13. The van der Waals surface area contributed by atoms with E-state index in [9.17, 15) is 22.0 Å². The summed E-state index contributed by atoms with van der Waals surface area (Å²) in [6.45, 7) is 0. The van der Waals surface area contributed by atoms with Crippen LogP contribution in [0, 0.1) is 11.6 Å². The molecule has 2 aromatic carbocycles. The number of rotatable bonds is 4. The van der Waals surface area contributed by atoms with Crippen LogP contribution in [-0.4, -0.2) is 29.3 Å². The van der Waals surface area contributed by atoms with Gasteiger partial charge in [0.1, 0.15) is 11.6 Å². The van der Waals surface area contributed by atoms with E-state index < -0.39 is 27.6 Å². The zero-order chi connectivity index (χ0) is 18.9. The summed E-state index contributed by atoms with van der Waals surface area (Å²) >= 11 is 5.90. The summed E-state index contributed by atoms with van der Waals surface area (Å²) in [4.78, 5) is 11.8. The minimum atomic E-state index is -4.21. The molecule has 0 spiro atoms. The molecule has 0 bridgehead atoms. The molecule has 26 heavy (non-hydrogen) atoms. The molecule has 0 aliphatic heterocycles. The Hall–Kier alpha value is -2.85. The van der Waals surface area contributed by atoms with Gasteiger partial charge >= 0.3 is 0 Å². The zero-order valence-corrected chi connectivity index (χ0v) is 14.3. The van der Waals surface area contributed by atoms with Crippen LogP contribution in [0.25, 0.3) is 5.69 Å². The second-order valence-corrected chi connectivity index (χ2v) is 7.12. The fourth-order valence-corrected chi connectivity index (χ4v) is 3.21. The first-order valence-corrected chi connectivity index (χ1v) is 8.83. The average Bonchev–Trinajstić information content (AvgIpc) is 3.04. The molecule has 1 N–H and O–H groups in total. The Morgan fingerprint density at radius 1 is 1.08 bits per heavy atom. The van der Waals surface area contributed by atoms with Gasteiger partial charge in [-0.3, -0.25) is 4.79 Å². The minimum absolute atomic E-state index is 0.0285. The third-order valence-corrected chi connectivity index (χ3v) is 4.88. The van der Waals surface area contributed by atoms with Gasteiger partial charge in [0.05, 0.1) is 21.8 Å². The van der Waals surface area contributed by atoms with E-state index in [-0.39, 0.29) is 21.3 Å². The molecule has 1 amide bonds. The summed E-state index contributed by atoms with van der Waals surface area (Å²) in [6, 6.07) is 7.44. The molecule has 0 saturated heterocycles. The van der Waals surface area contributed by atoms with Gasteiger partial charge in [-0.2, -0.15) is 0 Å². The third-order valence-electron chi connectivity index (χ3n) is 3.23. The summed E-state index contributed by atoms with van der Waals surface area (Å²) in [7, 11) is -4.21. The van der Waals surface area contributed by atoms with Crippen molar-refractivity contribution in [1.29, 1.82) is 0 Å².